The summed E-state index contributed by atoms with van der Waals surface area (Å²) in [4.78, 5) is 36.5. The standard InChI is InChI=1S/C18H31NO6/c1-11(2)23-14(20)18(15(21)24-12(3)4)8-13(9-18)10-19-16(22)25-17(5,6)7/h11-13H,8-10H2,1-7H3,(H,19,22). The average molecular weight is 357 g/mol. The fourth-order valence-electron chi connectivity index (χ4n) is 2.68. The van der Waals surface area contributed by atoms with Gasteiger partial charge in [-0.15, -0.1) is 0 Å². The quantitative estimate of drug-likeness (QED) is 0.446. The van der Waals surface area contributed by atoms with Crippen LogP contribution in [0.15, 0.2) is 0 Å². The molecule has 0 aliphatic heterocycles. The summed E-state index contributed by atoms with van der Waals surface area (Å²) in [5.74, 6) is -1.12. The fourth-order valence-corrected chi connectivity index (χ4v) is 2.68. The molecule has 1 saturated carbocycles. The lowest BCUT2D eigenvalue weighted by atomic mass is 9.61. The highest BCUT2D eigenvalue weighted by Crippen LogP contribution is 2.48. The van der Waals surface area contributed by atoms with Gasteiger partial charge in [0.05, 0.1) is 12.2 Å². The van der Waals surface area contributed by atoms with E-state index in [1.165, 1.54) is 0 Å². The number of rotatable bonds is 6. The predicted molar refractivity (Wildman–Crippen MR) is 91.8 cm³/mol. The molecule has 7 heteroatoms. The van der Waals surface area contributed by atoms with Crippen LogP contribution < -0.4 is 5.32 Å². The van der Waals surface area contributed by atoms with E-state index in [-0.39, 0.29) is 18.1 Å². The van der Waals surface area contributed by atoms with Gasteiger partial charge < -0.3 is 19.5 Å². The second-order valence-electron chi connectivity index (χ2n) is 8.15. The lowest BCUT2D eigenvalue weighted by Gasteiger charge is -2.43. The third-order valence-corrected chi connectivity index (χ3v) is 3.68. The van der Waals surface area contributed by atoms with Gasteiger partial charge in [0.25, 0.3) is 0 Å². The molecule has 1 N–H and O–H groups in total. The van der Waals surface area contributed by atoms with Gasteiger partial charge in [-0.1, -0.05) is 0 Å². The number of hydrogen-bond donors (Lipinski definition) is 1. The van der Waals surface area contributed by atoms with Crippen LogP contribution in [0, 0.1) is 11.3 Å². The van der Waals surface area contributed by atoms with Crippen molar-refractivity contribution in [1.29, 1.82) is 0 Å². The van der Waals surface area contributed by atoms with Gasteiger partial charge in [-0.2, -0.15) is 0 Å². The zero-order valence-electron chi connectivity index (χ0n) is 16.3. The summed E-state index contributed by atoms with van der Waals surface area (Å²) in [5.41, 5.74) is -1.84. The number of alkyl carbamates (subject to hydrolysis) is 1. The number of amides is 1. The van der Waals surface area contributed by atoms with Crippen molar-refractivity contribution in [3.8, 4) is 0 Å². The molecule has 0 heterocycles. The minimum Gasteiger partial charge on any atom is -0.462 e. The zero-order chi connectivity index (χ0) is 19.4. The van der Waals surface area contributed by atoms with Gasteiger partial charge in [0.15, 0.2) is 5.41 Å². The van der Waals surface area contributed by atoms with E-state index in [0.29, 0.717) is 19.4 Å². The summed E-state index contributed by atoms with van der Waals surface area (Å²) in [7, 11) is 0. The molecule has 0 spiro atoms. The van der Waals surface area contributed by atoms with E-state index in [4.69, 9.17) is 14.2 Å². The molecular formula is C18H31NO6. The van der Waals surface area contributed by atoms with Crippen molar-refractivity contribution >= 4 is 18.0 Å². The number of carbonyl (C=O) groups excluding carboxylic acids is 3. The maximum atomic E-state index is 12.4. The monoisotopic (exact) mass is 357 g/mol. The van der Waals surface area contributed by atoms with Crippen molar-refractivity contribution in [2.24, 2.45) is 11.3 Å². The van der Waals surface area contributed by atoms with E-state index in [1.54, 1.807) is 48.5 Å². The van der Waals surface area contributed by atoms with E-state index in [9.17, 15) is 14.4 Å². The zero-order valence-corrected chi connectivity index (χ0v) is 16.3. The number of esters is 2. The Morgan fingerprint density at radius 2 is 1.44 bits per heavy atom. The SMILES string of the molecule is CC(C)OC(=O)C1(C(=O)OC(C)C)CC(CNC(=O)OC(C)(C)C)C1. The molecule has 1 amide bonds. The van der Waals surface area contributed by atoms with Crippen LogP contribution in [0.1, 0.15) is 61.3 Å². The van der Waals surface area contributed by atoms with Crippen LogP contribution in [-0.2, 0) is 23.8 Å². The Morgan fingerprint density at radius 1 is 1.00 bits per heavy atom. The summed E-state index contributed by atoms with van der Waals surface area (Å²) in [6.07, 6.45) is -0.551. The lowest BCUT2D eigenvalue weighted by molar-refractivity contribution is -0.188. The highest BCUT2D eigenvalue weighted by molar-refractivity contribution is 6.01. The Bertz CT molecular complexity index is 476. The topological polar surface area (TPSA) is 90.9 Å². The smallest absolute Gasteiger partial charge is 0.407 e. The molecule has 7 nitrogen and oxygen atoms in total. The molecule has 1 aliphatic carbocycles. The van der Waals surface area contributed by atoms with Crippen LogP contribution in [0.5, 0.6) is 0 Å². The highest BCUT2D eigenvalue weighted by Gasteiger charge is 2.58. The maximum absolute atomic E-state index is 12.4. The van der Waals surface area contributed by atoms with E-state index >= 15 is 0 Å². The largest absolute Gasteiger partial charge is 0.462 e. The average Bonchev–Trinajstić information content (AvgIpc) is 2.32. The molecule has 25 heavy (non-hydrogen) atoms. The predicted octanol–water partition coefficient (Wildman–Crippen LogP) is 2.81. The van der Waals surface area contributed by atoms with Crippen LogP contribution in [0.2, 0.25) is 0 Å². The third kappa shape index (κ3) is 6.21. The van der Waals surface area contributed by atoms with E-state index in [2.05, 4.69) is 5.32 Å². The van der Waals surface area contributed by atoms with Gasteiger partial charge in [-0.05, 0) is 67.2 Å². The summed E-state index contributed by atoms with van der Waals surface area (Å²) in [5, 5.41) is 2.67. The fraction of sp³-hybridized carbons (Fsp3) is 0.833. The van der Waals surface area contributed by atoms with E-state index in [0.717, 1.165) is 0 Å². The van der Waals surface area contributed by atoms with Gasteiger partial charge in [0.1, 0.15) is 5.60 Å². The highest BCUT2D eigenvalue weighted by atomic mass is 16.6. The van der Waals surface area contributed by atoms with Crippen molar-refractivity contribution in [2.45, 2.75) is 79.1 Å². The first-order valence-corrected chi connectivity index (χ1v) is 8.75. The summed E-state index contributed by atoms with van der Waals surface area (Å²) in [6, 6.07) is 0. The third-order valence-electron chi connectivity index (χ3n) is 3.68. The number of hydrogen-bond acceptors (Lipinski definition) is 6. The van der Waals surface area contributed by atoms with Crippen LogP contribution in [0.25, 0.3) is 0 Å². The second-order valence-corrected chi connectivity index (χ2v) is 8.15. The molecule has 0 bridgehead atoms. The first kappa shape index (κ1) is 21.3. The van der Waals surface area contributed by atoms with Crippen LogP contribution in [0.4, 0.5) is 4.79 Å². The lowest BCUT2D eigenvalue weighted by Crippen LogP contribution is -2.55. The summed E-state index contributed by atoms with van der Waals surface area (Å²) < 4.78 is 15.7. The Morgan fingerprint density at radius 3 is 1.80 bits per heavy atom. The number of carbonyl (C=O) groups is 3. The number of nitrogens with one attached hydrogen (secondary N) is 1. The molecule has 1 aliphatic rings. The van der Waals surface area contributed by atoms with Crippen LogP contribution in [0.3, 0.4) is 0 Å². The molecule has 144 valence electrons. The first-order valence-electron chi connectivity index (χ1n) is 8.75. The van der Waals surface area contributed by atoms with E-state index < -0.39 is 29.0 Å². The summed E-state index contributed by atoms with van der Waals surface area (Å²) >= 11 is 0. The van der Waals surface area contributed by atoms with Gasteiger partial charge in [-0.25, -0.2) is 4.79 Å². The molecule has 1 rings (SSSR count). The van der Waals surface area contributed by atoms with Crippen molar-refractivity contribution in [1.82, 2.24) is 5.32 Å². The Hall–Kier alpha value is -1.79. The maximum Gasteiger partial charge on any atom is 0.407 e. The molecule has 0 radical (unpaired) electrons. The minimum atomic E-state index is -1.27. The molecule has 0 saturated heterocycles. The van der Waals surface area contributed by atoms with Gasteiger partial charge in [0.2, 0.25) is 0 Å². The molecule has 0 atom stereocenters. The Kier molecular flexibility index (Phi) is 6.85. The number of ether oxygens (including phenoxy) is 3. The van der Waals surface area contributed by atoms with Crippen molar-refractivity contribution < 1.29 is 28.6 Å². The van der Waals surface area contributed by atoms with Crippen molar-refractivity contribution in [2.75, 3.05) is 6.54 Å². The second kappa shape index (κ2) is 8.06. The molecular weight excluding hydrogens is 326 g/mol. The first-order chi connectivity index (χ1) is 11.4. The van der Waals surface area contributed by atoms with E-state index in [1.807, 2.05) is 0 Å². The summed E-state index contributed by atoms with van der Waals surface area (Å²) in [6.45, 7) is 12.6. The van der Waals surface area contributed by atoms with Gasteiger partial charge in [-0.3, -0.25) is 9.59 Å². The molecule has 0 aromatic carbocycles. The normalized spacial score (nSPS) is 17.0. The molecule has 0 unspecified atom stereocenters. The molecule has 0 aromatic rings. The van der Waals surface area contributed by atoms with Crippen LogP contribution in [-0.4, -0.2) is 42.4 Å². The van der Waals surface area contributed by atoms with Crippen molar-refractivity contribution in [3.05, 3.63) is 0 Å². The molecule has 1 fully saturated rings. The molecule has 0 aromatic heterocycles. The minimum absolute atomic E-state index is 0.00746. The van der Waals surface area contributed by atoms with Crippen molar-refractivity contribution in [3.63, 3.8) is 0 Å². The van der Waals surface area contributed by atoms with Gasteiger partial charge >= 0.3 is 18.0 Å². The van der Waals surface area contributed by atoms with Gasteiger partial charge in [0, 0.05) is 6.54 Å². The Balaban J connectivity index is 2.64. The van der Waals surface area contributed by atoms with Crippen LogP contribution >= 0.6 is 0 Å². The Labute approximate surface area is 149 Å².